The van der Waals surface area contributed by atoms with Gasteiger partial charge in [0.15, 0.2) is 0 Å². The molecule has 0 amide bonds. The van der Waals surface area contributed by atoms with E-state index >= 15 is 0 Å². The number of aromatic nitrogens is 2. The lowest BCUT2D eigenvalue weighted by molar-refractivity contribution is 0.420. The van der Waals surface area contributed by atoms with E-state index in [9.17, 15) is 0 Å². The summed E-state index contributed by atoms with van der Waals surface area (Å²) in [4.78, 5) is 0. The Hall–Kier alpha value is -2.42. The zero-order valence-corrected chi connectivity index (χ0v) is 12.5. The predicted octanol–water partition coefficient (Wildman–Crippen LogP) is 4.37. The van der Waals surface area contributed by atoms with Crippen LogP contribution in [0.4, 0.5) is 0 Å². The Balaban J connectivity index is 1.96. The summed E-state index contributed by atoms with van der Waals surface area (Å²) in [6.07, 6.45) is 0. The van der Waals surface area contributed by atoms with Crippen LogP contribution in [0.2, 0.25) is 0 Å². The Bertz CT molecular complexity index is 727. The van der Waals surface area contributed by atoms with Gasteiger partial charge in [-0.3, -0.25) is 0 Å². The molecule has 0 saturated heterocycles. The van der Waals surface area contributed by atoms with Gasteiger partial charge >= 0.3 is 0 Å². The van der Waals surface area contributed by atoms with E-state index < -0.39 is 0 Å². The standard InChI is InChI=1S/C18H18N2O/c1-13-9-11-14(12-10-13)16-19-20-17(21-16)18(2,3)15-7-5-4-6-8-15/h4-12H,1-3H3. The molecule has 106 valence electrons. The highest BCUT2D eigenvalue weighted by atomic mass is 16.4. The molecule has 0 aliphatic heterocycles. The maximum atomic E-state index is 5.91. The third-order valence-corrected chi connectivity index (χ3v) is 3.75. The van der Waals surface area contributed by atoms with Crippen molar-refractivity contribution in [2.45, 2.75) is 26.2 Å². The van der Waals surface area contributed by atoms with Crippen LogP contribution in [0.3, 0.4) is 0 Å². The fourth-order valence-electron chi connectivity index (χ4n) is 2.27. The van der Waals surface area contributed by atoms with Crippen LogP contribution >= 0.6 is 0 Å². The van der Waals surface area contributed by atoms with Crippen molar-refractivity contribution >= 4 is 0 Å². The minimum absolute atomic E-state index is 0.308. The minimum Gasteiger partial charge on any atom is -0.420 e. The predicted molar refractivity (Wildman–Crippen MR) is 83.0 cm³/mol. The average molecular weight is 278 g/mol. The van der Waals surface area contributed by atoms with E-state index in [0.717, 1.165) is 11.1 Å². The quantitative estimate of drug-likeness (QED) is 0.714. The second-order valence-corrected chi connectivity index (χ2v) is 5.77. The topological polar surface area (TPSA) is 38.9 Å². The molecule has 1 heterocycles. The number of hydrogen-bond acceptors (Lipinski definition) is 3. The average Bonchev–Trinajstić information content (AvgIpc) is 2.99. The van der Waals surface area contributed by atoms with Crippen LogP contribution in [-0.2, 0) is 5.41 Å². The third-order valence-electron chi connectivity index (χ3n) is 3.75. The van der Waals surface area contributed by atoms with E-state index in [-0.39, 0.29) is 5.41 Å². The maximum Gasteiger partial charge on any atom is 0.247 e. The summed E-state index contributed by atoms with van der Waals surface area (Å²) >= 11 is 0. The fraction of sp³-hybridized carbons (Fsp3) is 0.222. The molecule has 0 unspecified atom stereocenters. The van der Waals surface area contributed by atoms with Crippen LogP contribution in [0.1, 0.15) is 30.9 Å². The second-order valence-electron chi connectivity index (χ2n) is 5.77. The van der Waals surface area contributed by atoms with Gasteiger partial charge in [0.25, 0.3) is 0 Å². The molecule has 21 heavy (non-hydrogen) atoms. The van der Waals surface area contributed by atoms with Gasteiger partial charge in [-0.15, -0.1) is 10.2 Å². The summed E-state index contributed by atoms with van der Waals surface area (Å²) in [5.41, 5.74) is 3.01. The van der Waals surface area contributed by atoms with Gasteiger partial charge in [-0.2, -0.15) is 0 Å². The zero-order valence-electron chi connectivity index (χ0n) is 12.5. The van der Waals surface area contributed by atoms with E-state index in [1.807, 2.05) is 42.5 Å². The second kappa shape index (κ2) is 5.17. The molecule has 0 atom stereocenters. The van der Waals surface area contributed by atoms with Gasteiger partial charge in [0, 0.05) is 5.56 Å². The highest BCUT2D eigenvalue weighted by Gasteiger charge is 2.29. The lowest BCUT2D eigenvalue weighted by Crippen LogP contribution is -2.19. The molecule has 3 rings (SSSR count). The number of nitrogens with zero attached hydrogens (tertiary/aromatic N) is 2. The van der Waals surface area contributed by atoms with Crippen molar-refractivity contribution in [2.24, 2.45) is 0 Å². The molecule has 0 saturated carbocycles. The highest BCUT2D eigenvalue weighted by Crippen LogP contribution is 2.32. The molecule has 3 nitrogen and oxygen atoms in total. The largest absolute Gasteiger partial charge is 0.420 e. The molecular weight excluding hydrogens is 260 g/mol. The molecular formula is C18H18N2O. The lowest BCUT2D eigenvalue weighted by Gasteiger charge is -2.20. The van der Waals surface area contributed by atoms with E-state index in [1.54, 1.807) is 0 Å². The molecule has 2 aromatic carbocycles. The van der Waals surface area contributed by atoms with Crippen LogP contribution in [0.25, 0.3) is 11.5 Å². The first-order valence-electron chi connectivity index (χ1n) is 7.04. The zero-order chi connectivity index (χ0) is 14.9. The number of benzene rings is 2. The molecule has 0 bridgehead atoms. The molecule has 0 aliphatic carbocycles. The summed E-state index contributed by atoms with van der Waals surface area (Å²) in [5.74, 6) is 1.19. The summed E-state index contributed by atoms with van der Waals surface area (Å²) in [6.45, 7) is 6.24. The van der Waals surface area contributed by atoms with Crippen LogP contribution in [0.5, 0.6) is 0 Å². The van der Waals surface area contributed by atoms with Gasteiger partial charge in [0.05, 0.1) is 5.41 Å². The molecule has 3 heteroatoms. The van der Waals surface area contributed by atoms with Gasteiger partial charge in [-0.1, -0.05) is 48.0 Å². The Morgan fingerprint density at radius 2 is 1.52 bits per heavy atom. The van der Waals surface area contributed by atoms with Gasteiger partial charge in [-0.05, 0) is 38.5 Å². The third kappa shape index (κ3) is 2.59. The van der Waals surface area contributed by atoms with E-state index in [1.165, 1.54) is 5.56 Å². The first kappa shape index (κ1) is 13.6. The van der Waals surface area contributed by atoms with E-state index in [2.05, 4.69) is 43.1 Å². The smallest absolute Gasteiger partial charge is 0.247 e. The van der Waals surface area contributed by atoms with Crippen LogP contribution in [0.15, 0.2) is 59.0 Å². The van der Waals surface area contributed by atoms with Crippen molar-refractivity contribution in [1.29, 1.82) is 0 Å². The van der Waals surface area contributed by atoms with Crippen molar-refractivity contribution in [3.63, 3.8) is 0 Å². The molecule has 0 spiro atoms. The van der Waals surface area contributed by atoms with Crippen molar-refractivity contribution in [2.75, 3.05) is 0 Å². The van der Waals surface area contributed by atoms with Crippen LogP contribution in [0, 0.1) is 6.92 Å². The van der Waals surface area contributed by atoms with Crippen molar-refractivity contribution < 1.29 is 4.42 Å². The fourth-order valence-corrected chi connectivity index (χ4v) is 2.27. The van der Waals surface area contributed by atoms with E-state index in [0.29, 0.717) is 11.8 Å². The number of hydrogen-bond donors (Lipinski definition) is 0. The normalized spacial score (nSPS) is 11.6. The van der Waals surface area contributed by atoms with Crippen LogP contribution in [-0.4, -0.2) is 10.2 Å². The van der Waals surface area contributed by atoms with Crippen molar-refractivity contribution in [1.82, 2.24) is 10.2 Å². The Morgan fingerprint density at radius 3 is 2.19 bits per heavy atom. The Kier molecular flexibility index (Phi) is 3.34. The Labute approximate surface area is 124 Å². The Morgan fingerprint density at radius 1 is 0.857 bits per heavy atom. The molecule has 3 aromatic rings. The molecule has 1 aromatic heterocycles. The number of rotatable bonds is 3. The van der Waals surface area contributed by atoms with Gasteiger partial charge in [0.2, 0.25) is 11.8 Å². The summed E-state index contributed by atoms with van der Waals surface area (Å²) in [6, 6.07) is 18.3. The minimum atomic E-state index is -0.308. The maximum absolute atomic E-state index is 5.91. The van der Waals surface area contributed by atoms with Gasteiger partial charge < -0.3 is 4.42 Å². The van der Waals surface area contributed by atoms with Gasteiger partial charge in [-0.25, -0.2) is 0 Å². The molecule has 0 radical (unpaired) electrons. The van der Waals surface area contributed by atoms with Crippen LogP contribution < -0.4 is 0 Å². The van der Waals surface area contributed by atoms with E-state index in [4.69, 9.17) is 4.42 Å². The monoisotopic (exact) mass is 278 g/mol. The first-order valence-corrected chi connectivity index (χ1v) is 7.04. The SMILES string of the molecule is Cc1ccc(-c2nnc(C(C)(C)c3ccccc3)o2)cc1. The molecule has 0 N–H and O–H groups in total. The summed E-state index contributed by atoms with van der Waals surface area (Å²) < 4.78 is 5.91. The summed E-state index contributed by atoms with van der Waals surface area (Å²) in [5, 5.41) is 8.44. The first-order chi connectivity index (χ1) is 10.1. The summed E-state index contributed by atoms with van der Waals surface area (Å²) in [7, 11) is 0. The van der Waals surface area contributed by atoms with Crippen molar-refractivity contribution in [3.05, 3.63) is 71.6 Å². The highest BCUT2D eigenvalue weighted by molar-refractivity contribution is 5.53. The molecule has 0 aliphatic rings. The number of aryl methyl sites for hydroxylation is 1. The lowest BCUT2D eigenvalue weighted by atomic mass is 9.85. The van der Waals surface area contributed by atoms with Gasteiger partial charge in [0.1, 0.15) is 0 Å². The van der Waals surface area contributed by atoms with Crippen molar-refractivity contribution in [3.8, 4) is 11.5 Å². The molecule has 0 fully saturated rings.